The Labute approximate surface area is 106 Å². The first kappa shape index (κ1) is 12.6. The van der Waals surface area contributed by atoms with Crippen LogP contribution in [-0.4, -0.2) is 21.9 Å². The summed E-state index contributed by atoms with van der Waals surface area (Å²) in [4.78, 5) is 4.14. The van der Waals surface area contributed by atoms with E-state index in [-0.39, 0.29) is 0 Å². The van der Waals surface area contributed by atoms with Crippen LogP contribution in [0.15, 0.2) is 10.6 Å². The van der Waals surface area contributed by atoms with Crippen LogP contribution in [-0.2, 0) is 20.1 Å². The van der Waals surface area contributed by atoms with E-state index in [1.807, 2.05) is 20.9 Å². The minimum Gasteiger partial charge on any atom is -0.481 e. The van der Waals surface area contributed by atoms with Gasteiger partial charge in [0.05, 0.1) is 31.1 Å². The molecule has 2 aromatic heterocycles. The van der Waals surface area contributed by atoms with E-state index in [0.717, 1.165) is 22.9 Å². The van der Waals surface area contributed by atoms with Crippen molar-refractivity contribution < 1.29 is 9.15 Å². The first-order chi connectivity index (χ1) is 8.61. The van der Waals surface area contributed by atoms with Crippen LogP contribution >= 0.6 is 0 Å². The molecule has 6 nitrogen and oxygen atoms in total. The molecule has 18 heavy (non-hydrogen) atoms. The second kappa shape index (κ2) is 5.22. The number of methoxy groups -OCH3 is 1. The highest BCUT2D eigenvalue weighted by Gasteiger charge is 2.13. The van der Waals surface area contributed by atoms with Gasteiger partial charge in [-0.3, -0.25) is 0 Å². The average Bonchev–Trinajstić information content (AvgIpc) is 2.84. The van der Waals surface area contributed by atoms with Crippen LogP contribution in [0.1, 0.15) is 22.9 Å². The van der Waals surface area contributed by atoms with Gasteiger partial charge in [-0.05, 0) is 13.8 Å². The molecule has 0 bridgehead atoms. The number of aryl methyl sites for hydroxylation is 3. The number of hydrogen-bond donors (Lipinski definition) is 1. The molecule has 0 aliphatic carbocycles. The largest absolute Gasteiger partial charge is 0.481 e. The lowest BCUT2D eigenvalue weighted by molar-refractivity contribution is 0.367. The Morgan fingerprint density at radius 2 is 2.17 bits per heavy atom. The first-order valence-electron chi connectivity index (χ1n) is 5.80. The van der Waals surface area contributed by atoms with Crippen LogP contribution < -0.4 is 10.1 Å². The van der Waals surface area contributed by atoms with Crippen LogP contribution in [0.25, 0.3) is 0 Å². The number of aromatic nitrogens is 3. The molecular weight excluding hydrogens is 232 g/mol. The summed E-state index contributed by atoms with van der Waals surface area (Å²) >= 11 is 0. The van der Waals surface area contributed by atoms with E-state index in [1.165, 1.54) is 0 Å². The Hall–Kier alpha value is -1.82. The van der Waals surface area contributed by atoms with Crippen molar-refractivity contribution in [3.63, 3.8) is 0 Å². The smallest absolute Gasteiger partial charge is 0.216 e. The maximum atomic E-state index is 5.39. The highest BCUT2D eigenvalue weighted by atomic mass is 16.5. The lowest BCUT2D eigenvalue weighted by Crippen LogP contribution is -2.14. The van der Waals surface area contributed by atoms with Crippen LogP contribution in [0.3, 0.4) is 0 Å². The number of nitrogens with one attached hydrogen (secondary N) is 1. The average molecular weight is 250 g/mol. The normalized spacial score (nSPS) is 10.9. The van der Waals surface area contributed by atoms with Gasteiger partial charge in [0.1, 0.15) is 5.76 Å². The second-order valence-corrected chi connectivity index (χ2v) is 4.17. The van der Waals surface area contributed by atoms with E-state index in [9.17, 15) is 0 Å². The number of oxazole rings is 1. The summed E-state index contributed by atoms with van der Waals surface area (Å²) in [5, 5.41) is 7.59. The molecule has 0 amide bonds. The molecule has 2 heterocycles. The highest BCUT2D eigenvalue weighted by Crippen LogP contribution is 2.20. The summed E-state index contributed by atoms with van der Waals surface area (Å²) in [6.45, 7) is 5.11. The molecule has 2 rings (SSSR count). The highest BCUT2D eigenvalue weighted by molar-refractivity contribution is 5.30. The second-order valence-electron chi connectivity index (χ2n) is 4.17. The Balaban J connectivity index is 1.98. The van der Waals surface area contributed by atoms with Crippen molar-refractivity contribution in [1.82, 2.24) is 20.1 Å². The monoisotopic (exact) mass is 250 g/mol. The Morgan fingerprint density at radius 1 is 1.39 bits per heavy atom. The van der Waals surface area contributed by atoms with Crippen molar-refractivity contribution in [2.45, 2.75) is 26.9 Å². The molecule has 0 aliphatic rings. The first-order valence-corrected chi connectivity index (χ1v) is 5.80. The van der Waals surface area contributed by atoms with Gasteiger partial charge in [0.15, 0.2) is 0 Å². The molecule has 0 fully saturated rings. The predicted molar refractivity (Wildman–Crippen MR) is 66.3 cm³/mol. The Morgan fingerprint density at radius 3 is 2.78 bits per heavy atom. The molecule has 0 unspecified atom stereocenters. The van der Waals surface area contributed by atoms with Gasteiger partial charge in [-0.1, -0.05) is 0 Å². The van der Waals surface area contributed by atoms with Crippen molar-refractivity contribution in [2.75, 3.05) is 7.11 Å². The standard InChI is InChI=1S/C12H18N4O2/c1-8-5-14-11(18-8)7-13-6-10-9(2)15-16(3)12(10)17-4/h5,13H,6-7H2,1-4H3. The van der Waals surface area contributed by atoms with Gasteiger partial charge < -0.3 is 14.5 Å². The Bertz CT molecular complexity index is 530. The number of rotatable bonds is 5. The maximum absolute atomic E-state index is 5.39. The summed E-state index contributed by atoms with van der Waals surface area (Å²) in [5.74, 6) is 2.29. The van der Waals surface area contributed by atoms with Crippen molar-refractivity contribution >= 4 is 0 Å². The fourth-order valence-electron chi connectivity index (χ4n) is 1.92. The zero-order chi connectivity index (χ0) is 13.1. The molecule has 0 atom stereocenters. The molecule has 0 aliphatic heterocycles. The minimum atomic E-state index is 0.589. The fraction of sp³-hybridized carbons (Fsp3) is 0.500. The summed E-state index contributed by atoms with van der Waals surface area (Å²) in [5.41, 5.74) is 2.02. The summed E-state index contributed by atoms with van der Waals surface area (Å²) in [7, 11) is 3.52. The van der Waals surface area contributed by atoms with E-state index in [1.54, 1.807) is 18.0 Å². The van der Waals surface area contributed by atoms with Crippen LogP contribution in [0, 0.1) is 13.8 Å². The van der Waals surface area contributed by atoms with Gasteiger partial charge in [0, 0.05) is 13.6 Å². The van der Waals surface area contributed by atoms with E-state index in [0.29, 0.717) is 19.0 Å². The zero-order valence-corrected chi connectivity index (χ0v) is 11.1. The van der Waals surface area contributed by atoms with E-state index in [2.05, 4.69) is 15.4 Å². The molecule has 0 saturated heterocycles. The van der Waals surface area contributed by atoms with Gasteiger partial charge in [-0.15, -0.1) is 0 Å². The molecule has 2 aromatic rings. The molecule has 6 heteroatoms. The molecule has 0 radical (unpaired) electrons. The topological polar surface area (TPSA) is 65.1 Å². The van der Waals surface area contributed by atoms with Crippen molar-refractivity contribution in [3.8, 4) is 5.88 Å². The quantitative estimate of drug-likeness (QED) is 0.867. The summed E-state index contributed by atoms with van der Waals surface area (Å²) in [6.07, 6.45) is 1.72. The summed E-state index contributed by atoms with van der Waals surface area (Å²) in [6, 6.07) is 0. The van der Waals surface area contributed by atoms with Crippen LogP contribution in [0.4, 0.5) is 0 Å². The van der Waals surface area contributed by atoms with Crippen LogP contribution in [0.5, 0.6) is 5.88 Å². The molecule has 0 saturated carbocycles. The molecule has 98 valence electrons. The number of ether oxygens (including phenoxy) is 1. The third-order valence-corrected chi connectivity index (χ3v) is 2.73. The predicted octanol–water partition coefficient (Wildman–Crippen LogP) is 1.32. The third-order valence-electron chi connectivity index (χ3n) is 2.73. The van der Waals surface area contributed by atoms with Gasteiger partial charge in [-0.2, -0.15) is 5.10 Å². The van der Waals surface area contributed by atoms with Gasteiger partial charge in [-0.25, -0.2) is 9.67 Å². The lowest BCUT2D eigenvalue weighted by Gasteiger charge is -2.05. The maximum Gasteiger partial charge on any atom is 0.216 e. The third kappa shape index (κ3) is 2.53. The lowest BCUT2D eigenvalue weighted by atomic mass is 10.2. The molecular formula is C12H18N4O2. The van der Waals surface area contributed by atoms with E-state index < -0.39 is 0 Å². The SMILES string of the molecule is COc1c(CNCc2ncc(C)o2)c(C)nn1C. The van der Waals surface area contributed by atoms with E-state index >= 15 is 0 Å². The van der Waals surface area contributed by atoms with Crippen molar-refractivity contribution in [2.24, 2.45) is 7.05 Å². The number of hydrogen-bond acceptors (Lipinski definition) is 5. The zero-order valence-electron chi connectivity index (χ0n) is 11.1. The van der Waals surface area contributed by atoms with Gasteiger partial charge in [0.2, 0.25) is 11.8 Å². The van der Waals surface area contributed by atoms with Gasteiger partial charge >= 0.3 is 0 Å². The fourth-order valence-corrected chi connectivity index (χ4v) is 1.92. The van der Waals surface area contributed by atoms with Crippen molar-refractivity contribution in [3.05, 3.63) is 29.1 Å². The molecule has 1 N–H and O–H groups in total. The molecule has 0 spiro atoms. The summed E-state index contributed by atoms with van der Waals surface area (Å²) < 4.78 is 12.5. The van der Waals surface area contributed by atoms with Crippen molar-refractivity contribution in [1.29, 1.82) is 0 Å². The van der Waals surface area contributed by atoms with E-state index in [4.69, 9.17) is 9.15 Å². The van der Waals surface area contributed by atoms with Gasteiger partial charge in [0.25, 0.3) is 0 Å². The molecule has 0 aromatic carbocycles. The Kier molecular flexibility index (Phi) is 3.66. The number of nitrogens with zero attached hydrogens (tertiary/aromatic N) is 3. The van der Waals surface area contributed by atoms with Crippen LogP contribution in [0.2, 0.25) is 0 Å². The minimum absolute atomic E-state index is 0.589.